The van der Waals surface area contributed by atoms with Crippen molar-refractivity contribution in [3.05, 3.63) is 77.0 Å². The van der Waals surface area contributed by atoms with Gasteiger partial charge in [0, 0.05) is 28.2 Å². The van der Waals surface area contributed by atoms with E-state index in [0.717, 1.165) is 5.56 Å². The molecule has 0 N–H and O–H groups in total. The molecule has 3 rings (SSSR count). The number of rotatable bonds is 3. The molecule has 0 aliphatic rings. The molecule has 1 heteroatoms. The molecule has 1 aromatic heterocycles. The van der Waals surface area contributed by atoms with Gasteiger partial charge in [-0.25, -0.2) is 4.57 Å². The zero-order valence-electron chi connectivity index (χ0n) is 24.6. The molecule has 1 nitrogen and oxygen atoms in total. The molecule has 0 atom stereocenters. The number of hydrogen-bond donors (Lipinski definition) is 0. The van der Waals surface area contributed by atoms with Gasteiger partial charge in [-0.1, -0.05) is 57.2 Å². The molecule has 0 amide bonds. The van der Waals surface area contributed by atoms with E-state index in [-0.39, 0.29) is 16.7 Å². The predicted molar refractivity (Wildman–Crippen MR) is 116 cm³/mol. The maximum absolute atomic E-state index is 8.85. The van der Waals surface area contributed by atoms with Crippen molar-refractivity contribution in [1.82, 2.24) is 0 Å². The quantitative estimate of drug-likeness (QED) is 0.475. The van der Waals surface area contributed by atoms with E-state index in [1.54, 1.807) is 44.5 Å². The molecule has 0 unspecified atom stereocenters. The fourth-order valence-corrected chi connectivity index (χ4v) is 3.26. The second-order valence-electron chi connectivity index (χ2n) is 8.05. The van der Waals surface area contributed by atoms with Gasteiger partial charge in [-0.2, -0.15) is 0 Å². The van der Waals surface area contributed by atoms with Gasteiger partial charge in [0.15, 0.2) is 6.20 Å². The Morgan fingerprint density at radius 2 is 1.63 bits per heavy atom. The zero-order valence-corrected chi connectivity index (χ0v) is 16.6. The highest BCUT2D eigenvalue weighted by molar-refractivity contribution is 5.75. The van der Waals surface area contributed by atoms with Gasteiger partial charge in [0.05, 0.1) is 0 Å². The monoisotopic (exact) mass is 366 g/mol. The van der Waals surface area contributed by atoms with Crippen LogP contribution < -0.4 is 4.57 Å². The lowest BCUT2D eigenvalue weighted by Crippen LogP contribution is -2.32. The Kier molecular flexibility index (Phi) is 3.10. The lowest BCUT2D eigenvalue weighted by atomic mass is 9.86. The van der Waals surface area contributed by atoms with Crippen LogP contribution in [-0.4, -0.2) is 0 Å². The first-order chi connectivity index (χ1) is 15.9. The molecule has 2 aromatic carbocycles. The van der Waals surface area contributed by atoms with Crippen LogP contribution in [0, 0.1) is 26.0 Å². The highest BCUT2D eigenvalue weighted by atomic mass is 14.9. The van der Waals surface area contributed by atoms with E-state index in [4.69, 9.17) is 11.0 Å². The molecule has 0 saturated carbocycles. The van der Waals surface area contributed by atoms with E-state index < -0.39 is 25.5 Å². The van der Waals surface area contributed by atoms with Crippen LogP contribution in [0.1, 0.15) is 54.0 Å². The molecule has 0 saturated heterocycles. The van der Waals surface area contributed by atoms with E-state index in [2.05, 4.69) is 0 Å². The summed E-state index contributed by atoms with van der Waals surface area (Å²) >= 11 is 0. The molecule has 0 spiro atoms. The van der Waals surface area contributed by atoms with Crippen molar-refractivity contribution in [3.63, 3.8) is 0 Å². The van der Waals surface area contributed by atoms with Crippen molar-refractivity contribution in [2.45, 2.75) is 47.8 Å². The van der Waals surface area contributed by atoms with Gasteiger partial charge in [-0.3, -0.25) is 0 Å². The van der Waals surface area contributed by atoms with E-state index in [1.807, 2.05) is 43.3 Å². The summed E-state index contributed by atoms with van der Waals surface area (Å²) in [5.74, 6) is 0. The molecule has 140 valence electrons. The van der Waals surface area contributed by atoms with Crippen molar-refractivity contribution in [2.24, 2.45) is 12.5 Å². The molecule has 0 fully saturated rings. The summed E-state index contributed by atoms with van der Waals surface area (Å²) in [6, 6.07) is 14.3. The third-order valence-corrected chi connectivity index (χ3v) is 4.51. The maximum atomic E-state index is 8.85. The van der Waals surface area contributed by atoms with Crippen LogP contribution in [0.3, 0.4) is 0 Å². The Labute approximate surface area is 175 Å². The Morgan fingerprint density at radius 3 is 2.26 bits per heavy atom. The van der Waals surface area contributed by atoms with Gasteiger partial charge in [-0.05, 0) is 66.3 Å². The molecule has 0 aliphatic carbocycles. The molecule has 27 heavy (non-hydrogen) atoms. The summed E-state index contributed by atoms with van der Waals surface area (Å²) < 4.78 is 67.7. The van der Waals surface area contributed by atoms with Gasteiger partial charge in [0.2, 0.25) is 5.69 Å². The first kappa shape index (κ1) is 11.4. The van der Waals surface area contributed by atoms with Crippen LogP contribution in [0.4, 0.5) is 0 Å². The first-order valence-electron chi connectivity index (χ1n) is 13.1. The summed E-state index contributed by atoms with van der Waals surface area (Å²) in [7, 11) is 1.72. The second-order valence-corrected chi connectivity index (χ2v) is 8.05. The van der Waals surface area contributed by atoms with E-state index in [0.29, 0.717) is 22.4 Å². The van der Waals surface area contributed by atoms with Crippen molar-refractivity contribution in [3.8, 4) is 22.4 Å². The third-order valence-electron chi connectivity index (χ3n) is 4.51. The molecular weight excluding hydrogens is 326 g/mol. The van der Waals surface area contributed by atoms with E-state index in [9.17, 15) is 0 Å². The normalized spacial score (nSPS) is 17.5. The summed E-state index contributed by atoms with van der Waals surface area (Å²) in [5, 5.41) is 0. The van der Waals surface area contributed by atoms with Gasteiger partial charge >= 0.3 is 0 Å². The van der Waals surface area contributed by atoms with Crippen molar-refractivity contribution in [1.29, 1.82) is 0 Å². The van der Waals surface area contributed by atoms with Gasteiger partial charge < -0.3 is 0 Å². The SMILES string of the molecule is [2H]C([2H])([2H])c1cc(C)c(-c2cc(C([2H])([2H])C(C)(C)C)c(C([2H])([2H])[2H])c[n+]2C)cc1-c1ccccc1. The number of aromatic nitrogens is 1. The summed E-state index contributed by atoms with van der Waals surface area (Å²) in [4.78, 5) is 0. The smallest absolute Gasteiger partial charge is 0.201 e. The zero-order chi connectivity index (χ0) is 26.6. The number of benzene rings is 2. The fraction of sp³-hybridized carbons (Fsp3) is 0.346. The van der Waals surface area contributed by atoms with E-state index in [1.165, 1.54) is 6.20 Å². The summed E-state index contributed by atoms with van der Waals surface area (Å²) in [6.45, 7) is 2.22. The minimum atomic E-state index is -2.50. The number of aryl methyl sites for hydroxylation is 4. The van der Waals surface area contributed by atoms with Crippen molar-refractivity contribution >= 4 is 0 Å². The largest absolute Gasteiger partial charge is 0.212 e. The third kappa shape index (κ3) is 4.30. The lowest BCUT2D eigenvalue weighted by Gasteiger charge is -2.20. The lowest BCUT2D eigenvalue weighted by molar-refractivity contribution is -0.660. The van der Waals surface area contributed by atoms with Crippen LogP contribution in [0.15, 0.2) is 54.7 Å². The Bertz CT molecular complexity index is 1230. The molecule has 0 aliphatic heterocycles. The van der Waals surface area contributed by atoms with Crippen LogP contribution in [-0.2, 0) is 13.4 Å². The number of pyridine rings is 1. The molecular formula is C26H32N+. The number of nitrogens with zero attached hydrogens (tertiary/aromatic N) is 1. The van der Waals surface area contributed by atoms with Gasteiger partial charge in [-0.15, -0.1) is 0 Å². The van der Waals surface area contributed by atoms with Crippen LogP contribution in [0.2, 0.25) is 0 Å². The summed E-state index contributed by atoms with van der Waals surface area (Å²) in [6.07, 6.45) is -0.463. The molecule has 0 radical (unpaired) electrons. The standard InChI is InChI=1S/C26H32N/c1-18-13-19(2)24(15-23(18)21-11-9-8-10-12-21)25-14-22(16-26(4,5)6)20(3)17-27(25)7/h8-15,17H,16H2,1-7H3/q+1/i1D3,3D3,16D2. The maximum Gasteiger partial charge on any atom is 0.212 e. The average molecular weight is 367 g/mol. The Balaban J connectivity index is 2.40. The molecule has 0 bridgehead atoms. The highest BCUT2D eigenvalue weighted by Gasteiger charge is 2.20. The van der Waals surface area contributed by atoms with Crippen LogP contribution in [0.5, 0.6) is 0 Å². The highest BCUT2D eigenvalue weighted by Crippen LogP contribution is 2.32. The Hall–Kier alpha value is -2.41. The van der Waals surface area contributed by atoms with Gasteiger partial charge in [0.1, 0.15) is 7.05 Å². The fourth-order valence-electron chi connectivity index (χ4n) is 3.26. The van der Waals surface area contributed by atoms with E-state index >= 15 is 0 Å². The van der Waals surface area contributed by atoms with Gasteiger partial charge in [0.25, 0.3) is 0 Å². The number of hydrogen-bond acceptors (Lipinski definition) is 0. The minimum Gasteiger partial charge on any atom is -0.201 e. The van der Waals surface area contributed by atoms with Crippen molar-refractivity contribution < 1.29 is 15.5 Å². The van der Waals surface area contributed by atoms with Crippen LogP contribution in [0.25, 0.3) is 22.4 Å². The Morgan fingerprint density at radius 1 is 0.926 bits per heavy atom. The first-order valence-corrected chi connectivity index (χ1v) is 9.11. The topological polar surface area (TPSA) is 3.88 Å². The van der Waals surface area contributed by atoms with Crippen LogP contribution >= 0.6 is 0 Å². The average Bonchev–Trinajstić information content (AvgIpc) is 2.72. The summed E-state index contributed by atoms with van der Waals surface area (Å²) in [5.41, 5.74) is 2.78. The molecule has 3 aromatic rings. The van der Waals surface area contributed by atoms with Crippen molar-refractivity contribution in [2.75, 3.05) is 0 Å². The second kappa shape index (κ2) is 7.31. The predicted octanol–water partition coefficient (Wildman–Crippen LogP) is 6.36. The molecule has 1 heterocycles. The minimum absolute atomic E-state index is 0.0382.